The van der Waals surface area contributed by atoms with Gasteiger partial charge in [-0.15, -0.1) is 0 Å². The summed E-state index contributed by atoms with van der Waals surface area (Å²) in [7, 11) is 0. The Morgan fingerprint density at radius 1 is 1.43 bits per heavy atom. The van der Waals surface area contributed by atoms with Crippen LogP contribution in [0.3, 0.4) is 0 Å². The minimum atomic E-state index is -1.11. The van der Waals surface area contributed by atoms with Gasteiger partial charge in [-0.25, -0.2) is 9.78 Å². The maximum absolute atomic E-state index is 12.1. The minimum Gasteiger partial charge on any atom is -0.477 e. The first-order chi connectivity index (χ1) is 10.1. The zero-order chi connectivity index (χ0) is 15.3. The number of aromatic carboxylic acids is 1. The van der Waals surface area contributed by atoms with E-state index in [0.29, 0.717) is 25.3 Å². The molecule has 6 nitrogen and oxygen atoms in total. The number of nitrogens with one attached hydrogen (secondary N) is 1. The van der Waals surface area contributed by atoms with Gasteiger partial charge in [0.25, 0.3) is 5.91 Å². The zero-order valence-corrected chi connectivity index (χ0v) is 12.6. The standard InChI is InChI=1S/C14H18N2O4S/c1-21-14(4-6-20-7-5-14)9-16-12(17)10-2-3-11(13(18)19)15-8-10/h2-3,8H,4-7,9H2,1H3,(H,16,17)(H,18,19). The predicted molar refractivity (Wildman–Crippen MR) is 79.8 cm³/mol. The fourth-order valence-electron chi connectivity index (χ4n) is 2.19. The van der Waals surface area contributed by atoms with Gasteiger partial charge in [-0.2, -0.15) is 11.8 Å². The van der Waals surface area contributed by atoms with Crippen LogP contribution >= 0.6 is 11.8 Å². The van der Waals surface area contributed by atoms with Gasteiger partial charge in [0.2, 0.25) is 0 Å². The molecular weight excluding hydrogens is 292 g/mol. The third-order valence-electron chi connectivity index (χ3n) is 3.65. The van der Waals surface area contributed by atoms with Crippen molar-refractivity contribution in [3.05, 3.63) is 29.6 Å². The average Bonchev–Trinajstić information content (AvgIpc) is 2.53. The van der Waals surface area contributed by atoms with Gasteiger partial charge in [-0.1, -0.05) is 0 Å². The molecule has 1 fully saturated rings. The molecule has 0 bridgehead atoms. The third-order valence-corrected chi connectivity index (χ3v) is 5.07. The van der Waals surface area contributed by atoms with E-state index in [2.05, 4.69) is 10.3 Å². The molecule has 0 saturated carbocycles. The molecular formula is C14H18N2O4S. The van der Waals surface area contributed by atoms with E-state index < -0.39 is 5.97 Å². The third kappa shape index (κ3) is 3.95. The van der Waals surface area contributed by atoms with E-state index in [1.54, 1.807) is 11.8 Å². The molecule has 21 heavy (non-hydrogen) atoms. The van der Waals surface area contributed by atoms with Crippen molar-refractivity contribution in [1.29, 1.82) is 0 Å². The molecule has 0 aromatic carbocycles. The SMILES string of the molecule is CSC1(CNC(=O)c2ccc(C(=O)O)nc2)CCOCC1. The second kappa shape index (κ2) is 6.91. The summed E-state index contributed by atoms with van der Waals surface area (Å²) in [6, 6.07) is 2.80. The number of hydrogen-bond donors (Lipinski definition) is 2. The second-order valence-corrected chi connectivity index (χ2v) is 6.19. The first-order valence-electron chi connectivity index (χ1n) is 6.67. The molecule has 2 heterocycles. The van der Waals surface area contributed by atoms with Gasteiger partial charge in [-0.3, -0.25) is 4.79 Å². The van der Waals surface area contributed by atoms with Crippen molar-refractivity contribution in [3.63, 3.8) is 0 Å². The monoisotopic (exact) mass is 310 g/mol. The highest BCUT2D eigenvalue weighted by molar-refractivity contribution is 8.00. The van der Waals surface area contributed by atoms with Gasteiger partial charge in [0.05, 0.1) is 5.56 Å². The van der Waals surface area contributed by atoms with Gasteiger partial charge in [-0.05, 0) is 31.2 Å². The molecule has 114 valence electrons. The van der Waals surface area contributed by atoms with Gasteiger partial charge in [0.1, 0.15) is 5.69 Å². The van der Waals surface area contributed by atoms with Gasteiger partial charge in [0.15, 0.2) is 0 Å². The summed E-state index contributed by atoms with van der Waals surface area (Å²) in [4.78, 5) is 26.6. The molecule has 1 aliphatic heterocycles. The summed E-state index contributed by atoms with van der Waals surface area (Å²) in [5.74, 6) is -1.34. The molecule has 1 aliphatic rings. The van der Waals surface area contributed by atoms with Crippen LogP contribution < -0.4 is 5.32 Å². The largest absolute Gasteiger partial charge is 0.477 e. The van der Waals surface area contributed by atoms with E-state index in [1.165, 1.54) is 18.3 Å². The second-order valence-electron chi connectivity index (χ2n) is 4.92. The number of carboxylic acid groups (broad SMARTS) is 1. The number of carboxylic acids is 1. The van der Waals surface area contributed by atoms with Crippen molar-refractivity contribution in [1.82, 2.24) is 10.3 Å². The van der Waals surface area contributed by atoms with Crippen molar-refractivity contribution >= 4 is 23.6 Å². The summed E-state index contributed by atoms with van der Waals surface area (Å²) in [5.41, 5.74) is 0.292. The lowest BCUT2D eigenvalue weighted by Crippen LogP contribution is -2.44. The van der Waals surface area contributed by atoms with Gasteiger partial charge < -0.3 is 15.2 Å². The molecule has 0 atom stereocenters. The number of thioether (sulfide) groups is 1. The average molecular weight is 310 g/mol. The van der Waals surface area contributed by atoms with Crippen LogP contribution in [0, 0.1) is 0 Å². The lowest BCUT2D eigenvalue weighted by Gasteiger charge is -2.35. The van der Waals surface area contributed by atoms with Crippen molar-refractivity contribution in [3.8, 4) is 0 Å². The van der Waals surface area contributed by atoms with Crippen LogP contribution in [-0.4, -0.2) is 52.7 Å². The quantitative estimate of drug-likeness (QED) is 0.855. The van der Waals surface area contributed by atoms with Crippen molar-refractivity contribution in [2.24, 2.45) is 0 Å². The van der Waals surface area contributed by atoms with E-state index in [0.717, 1.165) is 12.8 Å². The fourth-order valence-corrected chi connectivity index (χ4v) is 2.99. The molecule has 0 radical (unpaired) electrons. The lowest BCUT2D eigenvalue weighted by molar-refractivity contribution is 0.0689. The van der Waals surface area contributed by atoms with E-state index in [9.17, 15) is 9.59 Å². The molecule has 0 unspecified atom stereocenters. The van der Waals surface area contributed by atoms with Crippen molar-refractivity contribution in [2.45, 2.75) is 17.6 Å². The van der Waals surface area contributed by atoms with Crippen LogP contribution in [0.2, 0.25) is 0 Å². The van der Waals surface area contributed by atoms with Crippen LogP contribution in [-0.2, 0) is 4.74 Å². The topological polar surface area (TPSA) is 88.5 Å². The molecule has 1 amide bonds. The van der Waals surface area contributed by atoms with Crippen molar-refractivity contribution < 1.29 is 19.4 Å². The van der Waals surface area contributed by atoms with Crippen LogP contribution in [0.5, 0.6) is 0 Å². The van der Waals surface area contributed by atoms with Crippen LogP contribution in [0.1, 0.15) is 33.7 Å². The predicted octanol–water partition coefficient (Wildman–Crippen LogP) is 1.42. The first kappa shape index (κ1) is 15.8. The molecule has 1 saturated heterocycles. The lowest BCUT2D eigenvalue weighted by atomic mass is 9.99. The zero-order valence-electron chi connectivity index (χ0n) is 11.8. The summed E-state index contributed by atoms with van der Waals surface area (Å²) < 4.78 is 5.38. The Morgan fingerprint density at radius 2 is 2.14 bits per heavy atom. The Kier molecular flexibility index (Phi) is 5.19. The molecule has 2 N–H and O–H groups in total. The smallest absolute Gasteiger partial charge is 0.354 e. The number of amides is 1. The van der Waals surface area contributed by atoms with E-state index in [-0.39, 0.29) is 16.3 Å². The number of hydrogen-bond acceptors (Lipinski definition) is 5. The molecule has 1 aromatic rings. The first-order valence-corrected chi connectivity index (χ1v) is 7.89. The minimum absolute atomic E-state index is 0.0162. The number of carbonyl (C=O) groups excluding carboxylic acids is 1. The van der Waals surface area contributed by atoms with E-state index in [1.807, 2.05) is 6.26 Å². The Bertz CT molecular complexity index is 512. The molecule has 0 aliphatic carbocycles. The number of carbonyl (C=O) groups is 2. The maximum atomic E-state index is 12.1. The maximum Gasteiger partial charge on any atom is 0.354 e. The van der Waals surface area contributed by atoms with E-state index >= 15 is 0 Å². The Morgan fingerprint density at radius 3 is 2.67 bits per heavy atom. The Labute approximate surface area is 127 Å². The highest BCUT2D eigenvalue weighted by Crippen LogP contribution is 2.33. The van der Waals surface area contributed by atoms with Crippen LogP contribution in [0.25, 0.3) is 0 Å². The highest BCUT2D eigenvalue weighted by atomic mass is 32.2. The number of aromatic nitrogens is 1. The fraction of sp³-hybridized carbons (Fsp3) is 0.500. The summed E-state index contributed by atoms with van der Waals surface area (Å²) >= 11 is 1.75. The van der Waals surface area contributed by atoms with Crippen LogP contribution in [0.15, 0.2) is 18.3 Å². The van der Waals surface area contributed by atoms with Gasteiger partial charge >= 0.3 is 5.97 Å². The number of rotatable bonds is 5. The number of nitrogens with zero attached hydrogens (tertiary/aromatic N) is 1. The highest BCUT2D eigenvalue weighted by Gasteiger charge is 2.32. The Balaban J connectivity index is 1.96. The summed E-state index contributed by atoms with van der Waals surface area (Å²) in [5, 5.41) is 11.7. The van der Waals surface area contributed by atoms with Crippen molar-refractivity contribution in [2.75, 3.05) is 26.0 Å². The molecule has 2 rings (SSSR count). The summed E-state index contributed by atoms with van der Waals surface area (Å²) in [6.45, 7) is 1.99. The molecule has 0 spiro atoms. The van der Waals surface area contributed by atoms with E-state index in [4.69, 9.17) is 9.84 Å². The number of pyridine rings is 1. The molecule has 1 aromatic heterocycles. The normalized spacial score (nSPS) is 17.2. The van der Waals surface area contributed by atoms with Gasteiger partial charge in [0, 0.05) is 30.7 Å². The summed E-state index contributed by atoms with van der Waals surface area (Å²) in [6.07, 6.45) is 5.14. The number of ether oxygens (including phenoxy) is 1. The Hall–Kier alpha value is -1.60. The molecule has 7 heteroatoms. The van der Waals surface area contributed by atoms with Crippen LogP contribution in [0.4, 0.5) is 0 Å².